The number of nitrogens with two attached hydrogens (primary N) is 1. The van der Waals surface area contributed by atoms with Gasteiger partial charge in [-0.2, -0.15) is 0 Å². The Morgan fingerprint density at radius 2 is 1.74 bits per heavy atom. The van der Waals surface area contributed by atoms with E-state index in [4.69, 9.17) is 5.73 Å². The minimum absolute atomic E-state index is 0.799. The van der Waals surface area contributed by atoms with Crippen LogP contribution in [-0.2, 0) is 0 Å². The van der Waals surface area contributed by atoms with Gasteiger partial charge in [0.15, 0.2) is 0 Å². The van der Waals surface area contributed by atoms with Crippen LogP contribution in [0.5, 0.6) is 0 Å². The first-order valence-corrected chi connectivity index (χ1v) is 6.13. The number of fused-ring (bicyclic) bond motifs is 4. The Bertz CT molecular complexity index is 929. The summed E-state index contributed by atoms with van der Waals surface area (Å²) < 4.78 is 0. The fraction of sp³-hybridized carbons (Fsp3) is 0. The lowest BCUT2D eigenvalue weighted by Gasteiger charge is -2.07. The normalized spacial score (nSPS) is 11.4. The minimum Gasteiger partial charge on any atom is -0.398 e. The Balaban J connectivity index is 2.27. The van der Waals surface area contributed by atoms with Crippen LogP contribution in [0.1, 0.15) is 0 Å². The van der Waals surface area contributed by atoms with Crippen LogP contribution in [0.3, 0.4) is 0 Å². The van der Waals surface area contributed by atoms with Crippen molar-refractivity contribution in [1.29, 1.82) is 0 Å². The highest BCUT2D eigenvalue weighted by molar-refractivity contribution is 6.12. The summed E-state index contributed by atoms with van der Waals surface area (Å²) in [6.07, 6.45) is 3.43. The van der Waals surface area contributed by atoms with Crippen LogP contribution >= 0.6 is 0 Å². The highest BCUT2D eigenvalue weighted by Gasteiger charge is 2.05. The second-order valence-corrected chi connectivity index (χ2v) is 4.66. The fourth-order valence-electron chi connectivity index (χ4n) is 2.59. The molecule has 0 atom stereocenters. The van der Waals surface area contributed by atoms with Gasteiger partial charge in [0.1, 0.15) is 6.33 Å². The number of benzene rings is 3. The first-order valence-electron chi connectivity index (χ1n) is 6.13. The summed E-state index contributed by atoms with van der Waals surface area (Å²) in [6, 6.07) is 14.4. The van der Waals surface area contributed by atoms with Crippen molar-refractivity contribution in [2.45, 2.75) is 0 Å². The molecule has 0 fully saturated rings. The van der Waals surface area contributed by atoms with E-state index in [1.165, 1.54) is 5.39 Å². The monoisotopic (exact) mass is 245 g/mol. The average Bonchev–Trinajstić information content (AvgIpc) is 2.46. The van der Waals surface area contributed by atoms with Gasteiger partial charge in [-0.05, 0) is 40.4 Å². The van der Waals surface area contributed by atoms with Crippen molar-refractivity contribution in [3.05, 3.63) is 55.0 Å². The van der Waals surface area contributed by atoms with Crippen molar-refractivity contribution in [3.63, 3.8) is 0 Å². The van der Waals surface area contributed by atoms with Crippen molar-refractivity contribution in [3.8, 4) is 0 Å². The molecule has 3 heteroatoms. The smallest absolute Gasteiger partial charge is 0.116 e. The topological polar surface area (TPSA) is 51.8 Å². The molecule has 0 aliphatic rings. The second kappa shape index (κ2) is 3.65. The molecule has 0 radical (unpaired) electrons. The SMILES string of the molecule is Nc1cccc2cc3ccc4ncncc4c3cc12. The number of nitrogens with zero attached hydrogens (tertiary/aromatic N) is 2. The fourth-order valence-corrected chi connectivity index (χ4v) is 2.59. The van der Waals surface area contributed by atoms with Crippen molar-refractivity contribution >= 4 is 38.1 Å². The van der Waals surface area contributed by atoms with E-state index in [0.29, 0.717) is 0 Å². The Morgan fingerprint density at radius 3 is 2.68 bits per heavy atom. The quantitative estimate of drug-likeness (QED) is 0.293. The lowest BCUT2D eigenvalue weighted by atomic mass is 10.00. The lowest BCUT2D eigenvalue weighted by molar-refractivity contribution is 1.23. The molecule has 4 aromatic rings. The van der Waals surface area contributed by atoms with Crippen molar-refractivity contribution in [1.82, 2.24) is 9.97 Å². The van der Waals surface area contributed by atoms with Gasteiger partial charge in [0.25, 0.3) is 0 Å². The molecule has 1 heterocycles. The van der Waals surface area contributed by atoms with Crippen molar-refractivity contribution in [2.24, 2.45) is 0 Å². The molecule has 0 aliphatic heterocycles. The van der Waals surface area contributed by atoms with Gasteiger partial charge in [-0.3, -0.25) is 0 Å². The number of hydrogen-bond donors (Lipinski definition) is 1. The molecule has 0 spiro atoms. The molecule has 0 aliphatic carbocycles. The molecule has 0 bridgehead atoms. The maximum Gasteiger partial charge on any atom is 0.116 e. The maximum absolute atomic E-state index is 6.06. The molecule has 2 N–H and O–H groups in total. The Kier molecular flexibility index (Phi) is 1.97. The Hall–Kier alpha value is -2.68. The van der Waals surface area contributed by atoms with E-state index >= 15 is 0 Å². The maximum atomic E-state index is 6.06. The summed E-state index contributed by atoms with van der Waals surface area (Å²) in [5.41, 5.74) is 7.81. The van der Waals surface area contributed by atoms with Crippen LogP contribution in [0.4, 0.5) is 5.69 Å². The Morgan fingerprint density at radius 1 is 0.842 bits per heavy atom. The van der Waals surface area contributed by atoms with E-state index in [2.05, 4.69) is 34.2 Å². The van der Waals surface area contributed by atoms with Gasteiger partial charge in [-0.1, -0.05) is 18.2 Å². The number of anilines is 1. The predicted octanol–water partition coefficient (Wildman–Crippen LogP) is 3.52. The molecule has 0 amide bonds. The molecule has 4 rings (SSSR count). The van der Waals surface area contributed by atoms with E-state index in [9.17, 15) is 0 Å². The third-order valence-corrected chi connectivity index (χ3v) is 3.54. The van der Waals surface area contributed by atoms with E-state index in [0.717, 1.165) is 32.7 Å². The number of aromatic nitrogens is 2. The molecule has 1 aromatic heterocycles. The zero-order valence-corrected chi connectivity index (χ0v) is 10.2. The molecule has 0 unspecified atom stereocenters. The van der Waals surface area contributed by atoms with Gasteiger partial charge in [-0.25, -0.2) is 9.97 Å². The first kappa shape index (κ1) is 10.3. The van der Waals surface area contributed by atoms with Crippen LogP contribution < -0.4 is 5.73 Å². The molecule has 19 heavy (non-hydrogen) atoms. The van der Waals surface area contributed by atoms with Crippen LogP contribution in [0, 0.1) is 0 Å². The number of nitrogen functional groups attached to an aromatic ring is 1. The van der Waals surface area contributed by atoms with Crippen molar-refractivity contribution in [2.75, 3.05) is 5.73 Å². The third kappa shape index (κ3) is 1.45. The Labute approximate surface area is 109 Å². The summed E-state index contributed by atoms with van der Waals surface area (Å²) in [5.74, 6) is 0. The average molecular weight is 245 g/mol. The van der Waals surface area contributed by atoms with Crippen LogP contribution in [0.15, 0.2) is 55.0 Å². The molecule has 0 saturated carbocycles. The molecule has 3 nitrogen and oxygen atoms in total. The molecule has 0 saturated heterocycles. The van der Waals surface area contributed by atoms with E-state index in [-0.39, 0.29) is 0 Å². The van der Waals surface area contributed by atoms with Gasteiger partial charge in [0, 0.05) is 22.7 Å². The summed E-state index contributed by atoms with van der Waals surface area (Å²) in [6.45, 7) is 0. The molecular formula is C16H11N3. The zero-order chi connectivity index (χ0) is 12.8. The number of hydrogen-bond acceptors (Lipinski definition) is 3. The predicted molar refractivity (Wildman–Crippen MR) is 79.0 cm³/mol. The van der Waals surface area contributed by atoms with Gasteiger partial charge in [0.2, 0.25) is 0 Å². The highest BCUT2D eigenvalue weighted by Crippen LogP contribution is 2.30. The lowest BCUT2D eigenvalue weighted by Crippen LogP contribution is -1.88. The molecule has 3 aromatic carbocycles. The number of rotatable bonds is 0. The van der Waals surface area contributed by atoms with E-state index in [1.54, 1.807) is 6.33 Å². The molecular weight excluding hydrogens is 234 g/mol. The van der Waals surface area contributed by atoms with E-state index in [1.807, 2.05) is 24.4 Å². The zero-order valence-electron chi connectivity index (χ0n) is 10.2. The van der Waals surface area contributed by atoms with Gasteiger partial charge in [-0.15, -0.1) is 0 Å². The third-order valence-electron chi connectivity index (χ3n) is 3.54. The van der Waals surface area contributed by atoms with E-state index < -0.39 is 0 Å². The minimum atomic E-state index is 0.799. The van der Waals surface area contributed by atoms with Gasteiger partial charge in [0.05, 0.1) is 5.52 Å². The van der Waals surface area contributed by atoms with Crippen LogP contribution in [-0.4, -0.2) is 9.97 Å². The van der Waals surface area contributed by atoms with Crippen LogP contribution in [0.25, 0.3) is 32.4 Å². The molecule has 90 valence electrons. The summed E-state index contributed by atoms with van der Waals surface area (Å²) in [5, 5.41) is 5.61. The summed E-state index contributed by atoms with van der Waals surface area (Å²) >= 11 is 0. The first-order chi connectivity index (χ1) is 9.33. The van der Waals surface area contributed by atoms with Gasteiger partial charge < -0.3 is 5.73 Å². The second-order valence-electron chi connectivity index (χ2n) is 4.66. The largest absolute Gasteiger partial charge is 0.398 e. The van der Waals surface area contributed by atoms with Gasteiger partial charge >= 0.3 is 0 Å². The standard InChI is InChI=1S/C16H11N3/c17-15-3-1-2-10-6-11-4-5-16-14(8-18-9-19-16)12(11)7-13(10)15/h1-9H,17H2. The van der Waals surface area contributed by atoms with Crippen LogP contribution in [0.2, 0.25) is 0 Å². The summed E-state index contributed by atoms with van der Waals surface area (Å²) in [7, 11) is 0. The van der Waals surface area contributed by atoms with Crippen molar-refractivity contribution < 1.29 is 0 Å². The highest BCUT2D eigenvalue weighted by atomic mass is 14.8. The summed E-state index contributed by atoms with van der Waals surface area (Å²) in [4.78, 5) is 8.41.